The number of ether oxygens (including phenoxy) is 1. The van der Waals surface area contributed by atoms with Crippen molar-refractivity contribution in [3.8, 4) is 5.75 Å². The third-order valence-corrected chi connectivity index (χ3v) is 7.94. The van der Waals surface area contributed by atoms with E-state index in [4.69, 9.17) is 14.9 Å². The zero-order chi connectivity index (χ0) is 21.8. The normalized spacial score (nSPS) is 24.7. The molecule has 0 aliphatic carbocycles. The largest absolute Gasteiger partial charge is 0.493 e. The Hall–Kier alpha value is -3.08. The van der Waals surface area contributed by atoms with Crippen molar-refractivity contribution in [1.82, 2.24) is 9.29 Å². The Morgan fingerprint density at radius 2 is 2.10 bits per heavy atom. The minimum Gasteiger partial charge on any atom is -0.493 e. The Morgan fingerprint density at radius 3 is 2.77 bits per heavy atom. The Morgan fingerprint density at radius 1 is 1.37 bits per heavy atom. The van der Waals surface area contributed by atoms with Crippen LogP contribution in [0, 0.1) is 13.8 Å². The molecule has 0 saturated carbocycles. The molecule has 0 saturated heterocycles. The summed E-state index contributed by atoms with van der Waals surface area (Å²) in [4.78, 5) is 21.3. The summed E-state index contributed by atoms with van der Waals surface area (Å²) >= 11 is 0. The maximum atomic E-state index is 13.0. The maximum absolute atomic E-state index is 13.0. The summed E-state index contributed by atoms with van der Waals surface area (Å²) in [6.07, 6.45) is 0.258. The number of aryl methyl sites for hydroxylation is 2. The Labute approximate surface area is 174 Å². The fourth-order valence-corrected chi connectivity index (χ4v) is 5.83. The first kappa shape index (κ1) is 20.2. The number of nitrogens with zero attached hydrogens (tertiary/aromatic N) is 3. The first-order valence-electron chi connectivity index (χ1n) is 9.40. The predicted octanol–water partition coefficient (Wildman–Crippen LogP) is 1.50. The summed E-state index contributed by atoms with van der Waals surface area (Å²) in [6.45, 7) is 5.26. The van der Waals surface area contributed by atoms with Gasteiger partial charge in [-0.15, -0.1) is 0 Å². The van der Waals surface area contributed by atoms with Gasteiger partial charge in [-0.25, -0.2) is 22.7 Å². The van der Waals surface area contributed by atoms with E-state index in [-0.39, 0.29) is 24.7 Å². The highest BCUT2D eigenvalue weighted by molar-refractivity contribution is 7.90. The Balaban J connectivity index is 1.78. The van der Waals surface area contributed by atoms with Gasteiger partial charge in [-0.2, -0.15) is 0 Å². The second-order valence-electron chi connectivity index (χ2n) is 7.56. The van der Waals surface area contributed by atoms with Gasteiger partial charge in [0.05, 0.1) is 6.61 Å². The number of sulfonamides is 1. The van der Waals surface area contributed by atoms with E-state index in [1.165, 1.54) is 7.05 Å². The average molecular weight is 433 g/mol. The number of carbonyl (C=O) groups is 1. The number of carbonyl (C=O) groups excluding carboxylic acids is 1. The number of nitrogens with two attached hydrogens (primary N) is 1. The summed E-state index contributed by atoms with van der Waals surface area (Å²) in [5, 5.41) is 1.93. The van der Waals surface area contributed by atoms with Crippen LogP contribution in [-0.4, -0.2) is 48.5 Å². The number of fused-ring (bicyclic) bond motifs is 3. The molecular formula is C19H23N5O5S. The number of hydrogen-bond donors (Lipinski definition) is 2. The number of amides is 1. The number of anilines is 1. The third kappa shape index (κ3) is 3.00. The predicted molar refractivity (Wildman–Crippen MR) is 110 cm³/mol. The molecule has 3 N–H and O–H groups in total. The van der Waals surface area contributed by atoms with E-state index in [9.17, 15) is 13.2 Å². The van der Waals surface area contributed by atoms with Crippen molar-refractivity contribution >= 4 is 27.6 Å². The first-order valence-corrected chi connectivity index (χ1v) is 10.9. The van der Waals surface area contributed by atoms with E-state index in [0.29, 0.717) is 28.7 Å². The highest BCUT2D eigenvalue weighted by Crippen LogP contribution is 2.45. The lowest BCUT2D eigenvalue weighted by Crippen LogP contribution is -2.56. The fraction of sp³-hybridized carbons (Fsp3) is 0.421. The SMILES string of the molecule is Cc1nc(C(=O)Nc2ccc3c(c2)[C@@]2(C)N=C(N)N(C)S(=O)(=O)[C@H]2CCO3)c(C)o1. The molecule has 30 heavy (non-hydrogen) atoms. The summed E-state index contributed by atoms with van der Waals surface area (Å²) in [7, 11) is -2.34. The number of aliphatic imine (C=N–C) groups is 1. The zero-order valence-electron chi connectivity index (χ0n) is 17.1. The van der Waals surface area contributed by atoms with E-state index in [1.54, 1.807) is 39.0 Å². The lowest BCUT2D eigenvalue weighted by Gasteiger charge is -2.40. The van der Waals surface area contributed by atoms with Crippen LogP contribution >= 0.6 is 0 Å². The minimum absolute atomic E-state index is 0.0928. The minimum atomic E-state index is -3.73. The molecule has 0 unspecified atom stereocenters. The van der Waals surface area contributed by atoms with Crippen molar-refractivity contribution < 1.29 is 22.4 Å². The van der Waals surface area contributed by atoms with Crippen LogP contribution in [0.1, 0.15) is 41.0 Å². The monoisotopic (exact) mass is 433 g/mol. The molecule has 2 aromatic rings. The van der Waals surface area contributed by atoms with Crippen LogP contribution in [-0.2, 0) is 15.6 Å². The molecule has 0 fully saturated rings. The van der Waals surface area contributed by atoms with Crippen LogP contribution < -0.4 is 15.8 Å². The van der Waals surface area contributed by atoms with Gasteiger partial charge in [0.15, 0.2) is 11.6 Å². The zero-order valence-corrected chi connectivity index (χ0v) is 17.9. The van der Waals surface area contributed by atoms with Gasteiger partial charge in [0.2, 0.25) is 16.0 Å². The molecular weight excluding hydrogens is 410 g/mol. The number of rotatable bonds is 2. The molecule has 11 heteroatoms. The molecule has 3 heterocycles. The molecule has 1 amide bonds. The lowest BCUT2D eigenvalue weighted by molar-refractivity contribution is 0.102. The Kier molecular flexibility index (Phi) is 4.53. The van der Waals surface area contributed by atoms with E-state index < -0.39 is 26.7 Å². The molecule has 10 nitrogen and oxygen atoms in total. The van der Waals surface area contributed by atoms with Gasteiger partial charge in [-0.1, -0.05) is 0 Å². The van der Waals surface area contributed by atoms with Crippen molar-refractivity contribution in [2.45, 2.75) is 38.0 Å². The van der Waals surface area contributed by atoms with E-state index in [0.717, 1.165) is 4.31 Å². The van der Waals surface area contributed by atoms with Crippen LogP contribution in [0.2, 0.25) is 0 Å². The molecule has 1 aromatic heterocycles. The van der Waals surface area contributed by atoms with Crippen LogP contribution in [0.4, 0.5) is 5.69 Å². The number of guanidine groups is 1. The highest BCUT2D eigenvalue weighted by atomic mass is 32.2. The van der Waals surface area contributed by atoms with Gasteiger partial charge in [0.25, 0.3) is 5.91 Å². The summed E-state index contributed by atoms with van der Waals surface area (Å²) in [5.41, 5.74) is 5.95. The molecule has 1 aromatic carbocycles. The molecule has 2 atom stereocenters. The molecule has 4 rings (SSSR count). The topological polar surface area (TPSA) is 140 Å². The Bertz CT molecular complexity index is 1170. The highest BCUT2D eigenvalue weighted by Gasteiger charge is 2.52. The summed E-state index contributed by atoms with van der Waals surface area (Å²) < 4.78 is 38.2. The van der Waals surface area contributed by atoms with E-state index >= 15 is 0 Å². The molecule has 0 bridgehead atoms. The second-order valence-corrected chi connectivity index (χ2v) is 9.71. The van der Waals surface area contributed by atoms with Crippen molar-refractivity contribution in [2.24, 2.45) is 10.7 Å². The summed E-state index contributed by atoms with van der Waals surface area (Å²) in [6, 6.07) is 5.04. The maximum Gasteiger partial charge on any atom is 0.277 e. The second kappa shape index (κ2) is 6.73. The first-order chi connectivity index (χ1) is 14.0. The van der Waals surface area contributed by atoms with Gasteiger partial charge in [0, 0.05) is 31.6 Å². The van der Waals surface area contributed by atoms with Crippen molar-refractivity contribution in [2.75, 3.05) is 19.0 Å². The molecule has 0 radical (unpaired) electrons. The number of nitrogens with one attached hydrogen (secondary N) is 1. The average Bonchev–Trinajstić information content (AvgIpc) is 2.94. The van der Waals surface area contributed by atoms with Crippen LogP contribution in [0.15, 0.2) is 27.6 Å². The quantitative estimate of drug-likeness (QED) is 0.731. The van der Waals surface area contributed by atoms with Crippen molar-refractivity contribution in [1.29, 1.82) is 0 Å². The van der Waals surface area contributed by atoms with Crippen LogP contribution in [0.25, 0.3) is 0 Å². The standard InChI is InChI=1S/C19H23N5O5S/c1-10-16(21-11(2)29-10)17(25)22-12-5-6-14-13(9-12)19(3)15(7-8-28-14)30(26,27)24(4)18(20)23-19/h5-6,9,15H,7-8H2,1-4H3,(H2,20,23)(H,22,25)/t15-,19+/m0/s1. The van der Waals surface area contributed by atoms with Crippen LogP contribution in [0.5, 0.6) is 5.75 Å². The van der Waals surface area contributed by atoms with E-state index in [1.807, 2.05) is 0 Å². The third-order valence-electron chi connectivity index (χ3n) is 5.58. The number of oxazole rings is 1. The molecule has 2 aliphatic heterocycles. The van der Waals surface area contributed by atoms with Gasteiger partial charge in [0.1, 0.15) is 22.3 Å². The molecule has 0 spiro atoms. The van der Waals surface area contributed by atoms with Gasteiger partial charge in [-0.05, 0) is 32.0 Å². The number of hydrogen-bond acceptors (Lipinski definition) is 8. The fourth-order valence-electron chi connectivity index (χ4n) is 3.99. The van der Waals surface area contributed by atoms with Crippen LogP contribution in [0.3, 0.4) is 0 Å². The molecule has 160 valence electrons. The van der Waals surface area contributed by atoms with Gasteiger partial charge in [-0.3, -0.25) is 4.79 Å². The van der Waals surface area contributed by atoms with Gasteiger partial charge >= 0.3 is 0 Å². The van der Waals surface area contributed by atoms with Crippen molar-refractivity contribution in [3.05, 3.63) is 41.1 Å². The smallest absolute Gasteiger partial charge is 0.277 e. The lowest BCUT2D eigenvalue weighted by atomic mass is 9.87. The summed E-state index contributed by atoms with van der Waals surface area (Å²) in [5.74, 6) is 0.783. The van der Waals surface area contributed by atoms with Crippen molar-refractivity contribution in [3.63, 3.8) is 0 Å². The van der Waals surface area contributed by atoms with Gasteiger partial charge < -0.3 is 20.2 Å². The van der Waals surface area contributed by atoms with E-state index in [2.05, 4.69) is 15.3 Å². The number of benzene rings is 1. The molecule has 2 aliphatic rings. The number of aromatic nitrogens is 1.